The summed E-state index contributed by atoms with van der Waals surface area (Å²) in [6, 6.07) is 3.80. The molecule has 0 atom stereocenters. The number of sulfonamides is 1. The molecule has 1 heterocycles. The molecule has 0 aliphatic carbocycles. The fraction of sp³-hybridized carbons (Fsp3) is 0.538. The van der Waals surface area contributed by atoms with E-state index in [-0.39, 0.29) is 11.8 Å². The molecule has 1 amide bonds. The molecule has 9 heteroatoms. The normalized spacial score (nSPS) is 12.2. The molecule has 124 valence electrons. The maximum absolute atomic E-state index is 12.4. The fourth-order valence-electron chi connectivity index (χ4n) is 1.48. The number of hydrogen-bond acceptors (Lipinski definition) is 5. The van der Waals surface area contributed by atoms with E-state index >= 15 is 0 Å². The third-order valence-corrected chi connectivity index (χ3v) is 6.70. The highest BCUT2D eigenvalue weighted by Crippen LogP contribution is 2.16. The number of pyridine rings is 1. The molecule has 0 radical (unpaired) electrons. The lowest BCUT2D eigenvalue weighted by Crippen LogP contribution is -2.38. The Bertz CT molecular complexity index is 614. The van der Waals surface area contributed by atoms with Crippen LogP contribution in [0.2, 0.25) is 25.7 Å². The standard InChI is InChI=1S/C13H21BrN2O4SSi/c1-11(17)16(10-20-7-8-22(2,3)4)21(18,19)13-6-5-12(14)9-15-13/h5-6,9H,7-8,10H2,1-4H3. The number of carbonyl (C=O) groups excluding carboxylic acids is 1. The Morgan fingerprint density at radius 3 is 2.45 bits per heavy atom. The number of amides is 1. The van der Waals surface area contributed by atoms with Crippen molar-refractivity contribution < 1.29 is 17.9 Å². The first kappa shape index (κ1) is 19.3. The number of halogens is 1. The minimum atomic E-state index is -3.99. The van der Waals surface area contributed by atoms with Gasteiger partial charge in [-0.05, 0) is 34.1 Å². The predicted octanol–water partition coefficient (Wildman–Crippen LogP) is 2.69. The van der Waals surface area contributed by atoms with Gasteiger partial charge in [0.05, 0.1) is 0 Å². The van der Waals surface area contributed by atoms with Crippen LogP contribution >= 0.6 is 15.9 Å². The summed E-state index contributed by atoms with van der Waals surface area (Å²) in [6.07, 6.45) is 1.37. The molecule has 0 spiro atoms. The second-order valence-corrected chi connectivity index (χ2v) is 14.4. The Morgan fingerprint density at radius 2 is 2.00 bits per heavy atom. The number of aromatic nitrogens is 1. The van der Waals surface area contributed by atoms with Gasteiger partial charge < -0.3 is 4.74 Å². The van der Waals surface area contributed by atoms with Crippen molar-refractivity contribution in [2.24, 2.45) is 0 Å². The van der Waals surface area contributed by atoms with E-state index in [1.54, 1.807) is 6.07 Å². The summed E-state index contributed by atoms with van der Waals surface area (Å²) in [5, 5.41) is -0.181. The smallest absolute Gasteiger partial charge is 0.285 e. The fourth-order valence-corrected chi connectivity index (χ4v) is 3.68. The number of rotatable bonds is 7. The van der Waals surface area contributed by atoms with Crippen LogP contribution in [0.3, 0.4) is 0 Å². The van der Waals surface area contributed by atoms with E-state index < -0.39 is 24.0 Å². The lowest BCUT2D eigenvalue weighted by atomic mass is 10.5. The van der Waals surface area contributed by atoms with Crippen LogP contribution in [0.4, 0.5) is 0 Å². The van der Waals surface area contributed by atoms with Crippen LogP contribution in [-0.4, -0.2) is 45.0 Å². The van der Waals surface area contributed by atoms with Crippen molar-refractivity contribution in [3.8, 4) is 0 Å². The minimum Gasteiger partial charge on any atom is -0.360 e. The second-order valence-electron chi connectivity index (χ2n) is 6.04. The van der Waals surface area contributed by atoms with Crippen LogP contribution in [0.5, 0.6) is 0 Å². The van der Waals surface area contributed by atoms with Gasteiger partial charge in [-0.3, -0.25) is 4.79 Å². The molecule has 0 fully saturated rings. The molecule has 1 aromatic heterocycles. The molecule has 0 aliphatic heterocycles. The summed E-state index contributed by atoms with van der Waals surface area (Å²) in [6.45, 7) is 7.92. The van der Waals surface area contributed by atoms with Crippen LogP contribution in [0.25, 0.3) is 0 Å². The first-order valence-electron chi connectivity index (χ1n) is 6.77. The highest BCUT2D eigenvalue weighted by atomic mass is 79.9. The van der Waals surface area contributed by atoms with Crippen molar-refractivity contribution in [1.82, 2.24) is 9.29 Å². The van der Waals surface area contributed by atoms with Gasteiger partial charge in [0, 0.05) is 32.3 Å². The molecule has 0 bridgehead atoms. The van der Waals surface area contributed by atoms with E-state index in [2.05, 4.69) is 40.6 Å². The van der Waals surface area contributed by atoms with E-state index in [1.807, 2.05) is 0 Å². The lowest BCUT2D eigenvalue weighted by molar-refractivity contribution is -0.127. The molecule has 6 nitrogen and oxygen atoms in total. The largest absolute Gasteiger partial charge is 0.360 e. The monoisotopic (exact) mass is 408 g/mol. The second kappa shape index (κ2) is 7.67. The van der Waals surface area contributed by atoms with Gasteiger partial charge in [-0.15, -0.1) is 0 Å². The molecule has 0 N–H and O–H groups in total. The summed E-state index contributed by atoms with van der Waals surface area (Å²) in [5.41, 5.74) is 0. The first-order chi connectivity index (χ1) is 10.0. The van der Waals surface area contributed by atoms with Gasteiger partial charge in [-0.2, -0.15) is 8.42 Å². The Morgan fingerprint density at radius 1 is 1.36 bits per heavy atom. The molecule has 1 aromatic rings. The van der Waals surface area contributed by atoms with Crippen LogP contribution in [0.1, 0.15) is 6.92 Å². The predicted molar refractivity (Wildman–Crippen MR) is 90.6 cm³/mol. The topological polar surface area (TPSA) is 76.6 Å². The van der Waals surface area contributed by atoms with Crippen LogP contribution < -0.4 is 0 Å². The first-order valence-corrected chi connectivity index (χ1v) is 12.7. The van der Waals surface area contributed by atoms with Crippen molar-refractivity contribution in [1.29, 1.82) is 0 Å². The molecule has 22 heavy (non-hydrogen) atoms. The quantitative estimate of drug-likeness (QED) is 0.393. The molecule has 0 aliphatic rings. The zero-order valence-corrected chi connectivity index (χ0v) is 16.6. The SMILES string of the molecule is CC(=O)N(COCC[Si](C)(C)C)S(=O)(=O)c1ccc(Br)cn1. The van der Waals surface area contributed by atoms with E-state index in [4.69, 9.17) is 4.74 Å². The van der Waals surface area contributed by atoms with Crippen molar-refractivity contribution in [2.45, 2.75) is 37.6 Å². The highest BCUT2D eigenvalue weighted by Gasteiger charge is 2.28. The summed E-state index contributed by atoms with van der Waals surface area (Å²) in [5.74, 6) is -0.599. The van der Waals surface area contributed by atoms with Crippen LogP contribution in [-0.2, 0) is 19.6 Å². The number of ether oxygens (including phenoxy) is 1. The average Bonchev–Trinajstić information content (AvgIpc) is 2.36. The molecular formula is C13H21BrN2O4SSi. The Labute approximate surface area is 141 Å². The third-order valence-electron chi connectivity index (χ3n) is 2.81. The van der Waals surface area contributed by atoms with Gasteiger partial charge in [0.15, 0.2) is 5.03 Å². The zero-order valence-electron chi connectivity index (χ0n) is 13.2. The molecule has 0 saturated carbocycles. The maximum atomic E-state index is 12.4. The Kier molecular flexibility index (Phi) is 6.72. The van der Waals surface area contributed by atoms with E-state index in [0.29, 0.717) is 15.4 Å². The van der Waals surface area contributed by atoms with Crippen LogP contribution in [0.15, 0.2) is 27.8 Å². The zero-order chi connectivity index (χ0) is 17.0. The van der Waals surface area contributed by atoms with E-state index in [1.165, 1.54) is 19.2 Å². The van der Waals surface area contributed by atoms with Crippen molar-refractivity contribution >= 4 is 39.9 Å². The number of nitrogens with zero attached hydrogens (tertiary/aromatic N) is 2. The van der Waals surface area contributed by atoms with Gasteiger partial charge in [0.1, 0.15) is 6.73 Å². The lowest BCUT2D eigenvalue weighted by Gasteiger charge is -2.21. The summed E-state index contributed by atoms with van der Waals surface area (Å²) in [7, 11) is -5.26. The molecule has 1 rings (SSSR count). The van der Waals surface area contributed by atoms with E-state index in [9.17, 15) is 13.2 Å². The average molecular weight is 409 g/mol. The maximum Gasteiger partial charge on any atom is 0.285 e. The summed E-state index contributed by atoms with van der Waals surface area (Å²) in [4.78, 5) is 15.5. The van der Waals surface area contributed by atoms with E-state index in [0.717, 1.165) is 6.04 Å². The third kappa shape index (κ3) is 5.79. The van der Waals surface area contributed by atoms with Gasteiger partial charge in [0.2, 0.25) is 5.91 Å². The highest BCUT2D eigenvalue weighted by molar-refractivity contribution is 9.10. The summed E-state index contributed by atoms with van der Waals surface area (Å²) >= 11 is 3.19. The molecular weight excluding hydrogens is 388 g/mol. The molecule has 0 aromatic carbocycles. The van der Waals surface area contributed by atoms with Gasteiger partial charge >= 0.3 is 0 Å². The minimum absolute atomic E-state index is 0.181. The summed E-state index contributed by atoms with van der Waals surface area (Å²) < 4.78 is 31.6. The number of carbonyl (C=O) groups is 1. The van der Waals surface area contributed by atoms with Gasteiger partial charge in [-0.1, -0.05) is 19.6 Å². The Hall–Kier alpha value is -0.773. The molecule has 0 saturated heterocycles. The van der Waals surface area contributed by atoms with Gasteiger partial charge in [0.25, 0.3) is 10.0 Å². The number of hydrogen-bond donors (Lipinski definition) is 0. The van der Waals surface area contributed by atoms with Crippen molar-refractivity contribution in [2.75, 3.05) is 13.3 Å². The van der Waals surface area contributed by atoms with Gasteiger partial charge in [-0.25, -0.2) is 9.29 Å². The van der Waals surface area contributed by atoms with Crippen LogP contribution in [0, 0.1) is 0 Å². The van der Waals surface area contributed by atoms with Crippen molar-refractivity contribution in [3.63, 3.8) is 0 Å². The molecule has 0 unspecified atom stereocenters. The Balaban J connectivity index is 2.82. The van der Waals surface area contributed by atoms with Crippen molar-refractivity contribution in [3.05, 3.63) is 22.8 Å².